The van der Waals surface area contributed by atoms with Crippen LogP contribution >= 0.6 is 11.6 Å². The molecule has 2 aromatic carbocycles. The van der Waals surface area contributed by atoms with E-state index in [0.717, 1.165) is 29.1 Å². The number of nitrogens with zero attached hydrogens (tertiary/aromatic N) is 3. The zero-order valence-corrected chi connectivity index (χ0v) is 15.1. The van der Waals surface area contributed by atoms with Crippen LogP contribution in [0, 0.1) is 0 Å². The van der Waals surface area contributed by atoms with E-state index in [1.165, 1.54) is 0 Å². The minimum absolute atomic E-state index is 0.0519. The molecule has 0 saturated carbocycles. The fourth-order valence-electron chi connectivity index (χ4n) is 2.97. The van der Waals surface area contributed by atoms with Gasteiger partial charge >= 0.3 is 0 Å². The summed E-state index contributed by atoms with van der Waals surface area (Å²) in [5, 5.41) is 0.627. The van der Waals surface area contributed by atoms with E-state index in [4.69, 9.17) is 21.1 Å². The number of anilines is 1. The average Bonchev–Trinajstić information content (AvgIpc) is 3.04. The maximum atomic E-state index is 12.4. The first kappa shape index (κ1) is 16.9. The first-order chi connectivity index (χ1) is 12.6. The molecule has 26 heavy (non-hydrogen) atoms. The molecule has 0 atom stereocenters. The van der Waals surface area contributed by atoms with Gasteiger partial charge in [0.25, 0.3) is 5.91 Å². The molecule has 7 heteroatoms. The van der Waals surface area contributed by atoms with E-state index in [2.05, 4.69) is 9.55 Å². The van der Waals surface area contributed by atoms with Crippen LogP contribution in [-0.2, 0) is 22.7 Å². The van der Waals surface area contributed by atoms with Gasteiger partial charge in [0.2, 0.25) is 0 Å². The van der Waals surface area contributed by atoms with E-state index in [1.807, 2.05) is 18.2 Å². The highest BCUT2D eigenvalue weighted by Crippen LogP contribution is 2.24. The summed E-state index contributed by atoms with van der Waals surface area (Å²) in [7, 11) is 1.73. The number of benzene rings is 2. The smallest absolute Gasteiger partial charge is 0.264 e. The molecule has 1 aromatic heterocycles. The number of ether oxygens (including phenoxy) is 2. The number of halogens is 1. The number of hydrogen-bond donors (Lipinski definition) is 0. The van der Waals surface area contributed by atoms with Gasteiger partial charge in [0.1, 0.15) is 18.2 Å². The van der Waals surface area contributed by atoms with Crippen LogP contribution in [0.2, 0.25) is 5.02 Å². The maximum Gasteiger partial charge on any atom is 0.264 e. The fourth-order valence-corrected chi connectivity index (χ4v) is 3.10. The van der Waals surface area contributed by atoms with Gasteiger partial charge in [-0.25, -0.2) is 4.98 Å². The zero-order valence-electron chi connectivity index (χ0n) is 14.3. The van der Waals surface area contributed by atoms with Crippen molar-refractivity contribution in [3.05, 3.63) is 53.3 Å². The number of carbonyl (C=O) groups excluding carboxylic acids is 1. The van der Waals surface area contributed by atoms with Crippen LogP contribution < -0.4 is 9.64 Å². The van der Waals surface area contributed by atoms with Crippen molar-refractivity contribution in [1.82, 2.24) is 9.55 Å². The summed E-state index contributed by atoms with van der Waals surface area (Å²) in [6.45, 7) is 1.97. The van der Waals surface area contributed by atoms with Crippen LogP contribution in [0.4, 0.5) is 5.69 Å². The third kappa shape index (κ3) is 3.25. The predicted molar refractivity (Wildman–Crippen MR) is 99.7 cm³/mol. The van der Waals surface area contributed by atoms with E-state index >= 15 is 0 Å². The summed E-state index contributed by atoms with van der Waals surface area (Å²) in [6.07, 6.45) is 0. The lowest BCUT2D eigenvalue weighted by atomic mass is 10.2. The molecule has 0 N–H and O–H groups in total. The summed E-state index contributed by atoms with van der Waals surface area (Å²) in [5.74, 6) is 1.38. The van der Waals surface area contributed by atoms with Gasteiger partial charge in [-0.2, -0.15) is 0 Å². The van der Waals surface area contributed by atoms with Crippen LogP contribution in [0.5, 0.6) is 5.75 Å². The Morgan fingerprint density at radius 1 is 1.31 bits per heavy atom. The second-order valence-electron chi connectivity index (χ2n) is 6.10. The summed E-state index contributed by atoms with van der Waals surface area (Å²) in [6, 6.07) is 12.8. The van der Waals surface area contributed by atoms with Crippen molar-refractivity contribution in [2.75, 3.05) is 25.2 Å². The van der Waals surface area contributed by atoms with Crippen LogP contribution in [0.15, 0.2) is 42.5 Å². The number of likely N-dealkylation sites (N-methyl/N-ethyl adjacent to an activating group) is 1. The molecule has 4 rings (SSSR count). The Morgan fingerprint density at radius 3 is 2.92 bits per heavy atom. The van der Waals surface area contributed by atoms with E-state index < -0.39 is 0 Å². The Kier molecular flexibility index (Phi) is 4.53. The number of amides is 1. The molecule has 1 aliphatic rings. The van der Waals surface area contributed by atoms with Crippen LogP contribution in [0.25, 0.3) is 11.0 Å². The Hall–Kier alpha value is -2.57. The third-order valence-electron chi connectivity index (χ3n) is 4.44. The second kappa shape index (κ2) is 6.97. The van der Waals surface area contributed by atoms with Crippen molar-refractivity contribution in [2.45, 2.75) is 13.2 Å². The highest BCUT2D eigenvalue weighted by molar-refractivity contribution is 6.30. The quantitative estimate of drug-likeness (QED) is 0.706. The Bertz CT molecular complexity index is 953. The van der Waals surface area contributed by atoms with Gasteiger partial charge in [-0.15, -0.1) is 0 Å². The lowest BCUT2D eigenvalue weighted by molar-refractivity contribution is -0.120. The molecule has 0 unspecified atom stereocenters. The minimum Gasteiger partial charge on any atom is -0.484 e. The Balaban J connectivity index is 1.49. The number of hydrogen-bond acceptors (Lipinski definition) is 4. The Morgan fingerprint density at radius 2 is 2.12 bits per heavy atom. The predicted octanol–water partition coefficient (Wildman–Crippen LogP) is 3.26. The summed E-state index contributed by atoms with van der Waals surface area (Å²) < 4.78 is 13.1. The zero-order chi connectivity index (χ0) is 18.1. The summed E-state index contributed by atoms with van der Waals surface area (Å²) in [5.41, 5.74) is 2.70. The lowest BCUT2D eigenvalue weighted by Gasteiger charge is -2.18. The largest absolute Gasteiger partial charge is 0.484 e. The number of rotatable bonds is 4. The van der Waals surface area contributed by atoms with Crippen LogP contribution in [-0.4, -0.2) is 35.7 Å². The molecular formula is C19H18ClN3O3. The first-order valence-electron chi connectivity index (χ1n) is 8.33. The summed E-state index contributed by atoms with van der Waals surface area (Å²) >= 11 is 5.84. The molecule has 0 fully saturated rings. The normalized spacial score (nSPS) is 13.5. The molecule has 1 amide bonds. The van der Waals surface area contributed by atoms with Gasteiger partial charge in [0.15, 0.2) is 6.61 Å². The second-order valence-corrected chi connectivity index (χ2v) is 6.54. The topological polar surface area (TPSA) is 56.6 Å². The van der Waals surface area contributed by atoms with Gasteiger partial charge < -0.3 is 18.9 Å². The highest BCUT2D eigenvalue weighted by Gasteiger charge is 2.17. The number of aromatic nitrogens is 2. The van der Waals surface area contributed by atoms with E-state index in [9.17, 15) is 4.79 Å². The van der Waals surface area contributed by atoms with Gasteiger partial charge in [-0.1, -0.05) is 11.6 Å². The van der Waals surface area contributed by atoms with Gasteiger partial charge in [0, 0.05) is 24.3 Å². The molecule has 2 heterocycles. The molecule has 0 radical (unpaired) electrons. The summed E-state index contributed by atoms with van der Waals surface area (Å²) in [4.78, 5) is 18.6. The fraction of sp³-hybridized carbons (Fsp3) is 0.263. The number of fused-ring (bicyclic) bond motifs is 3. The average molecular weight is 372 g/mol. The molecule has 0 saturated heterocycles. The van der Waals surface area contributed by atoms with E-state index in [1.54, 1.807) is 36.2 Å². The van der Waals surface area contributed by atoms with Crippen LogP contribution in [0.3, 0.4) is 0 Å². The van der Waals surface area contributed by atoms with Gasteiger partial charge in [-0.3, -0.25) is 4.79 Å². The van der Waals surface area contributed by atoms with Crippen molar-refractivity contribution in [1.29, 1.82) is 0 Å². The standard InChI is InChI=1S/C19H18ClN3O3/c1-22(19(24)12-26-15-5-2-13(20)3-6-15)14-4-7-17-16(10-14)21-18-11-25-9-8-23(17)18/h2-7,10H,8-9,11-12H2,1H3. The molecule has 0 spiro atoms. The van der Waals surface area contributed by atoms with Crippen molar-refractivity contribution >= 4 is 34.2 Å². The van der Waals surface area contributed by atoms with Gasteiger partial charge in [-0.05, 0) is 42.5 Å². The van der Waals surface area contributed by atoms with Crippen molar-refractivity contribution in [3.63, 3.8) is 0 Å². The molecular weight excluding hydrogens is 354 g/mol. The molecule has 0 bridgehead atoms. The first-order valence-corrected chi connectivity index (χ1v) is 8.71. The SMILES string of the molecule is CN(C(=O)COc1ccc(Cl)cc1)c1ccc2c(c1)nc1n2CCOC1. The molecule has 0 aliphatic carbocycles. The van der Waals surface area contributed by atoms with E-state index in [-0.39, 0.29) is 12.5 Å². The lowest BCUT2D eigenvalue weighted by Crippen LogP contribution is -2.31. The monoisotopic (exact) mass is 371 g/mol. The maximum absolute atomic E-state index is 12.4. The van der Waals surface area contributed by atoms with Crippen molar-refractivity contribution < 1.29 is 14.3 Å². The molecule has 6 nitrogen and oxygen atoms in total. The molecule has 3 aromatic rings. The highest BCUT2D eigenvalue weighted by atomic mass is 35.5. The van der Waals surface area contributed by atoms with Crippen LogP contribution in [0.1, 0.15) is 5.82 Å². The number of carbonyl (C=O) groups is 1. The van der Waals surface area contributed by atoms with Gasteiger partial charge in [0.05, 0.1) is 17.6 Å². The van der Waals surface area contributed by atoms with Crippen molar-refractivity contribution in [3.8, 4) is 5.75 Å². The number of imidazole rings is 1. The van der Waals surface area contributed by atoms with Crippen molar-refractivity contribution in [2.24, 2.45) is 0 Å². The molecule has 134 valence electrons. The third-order valence-corrected chi connectivity index (χ3v) is 4.69. The minimum atomic E-state index is -0.147. The molecule has 1 aliphatic heterocycles. The van der Waals surface area contributed by atoms with E-state index in [0.29, 0.717) is 24.0 Å². The Labute approximate surface area is 155 Å².